The van der Waals surface area contributed by atoms with Crippen molar-refractivity contribution in [3.8, 4) is 5.75 Å². The van der Waals surface area contributed by atoms with Crippen molar-refractivity contribution < 1.29 is 19.2 Å². The SMILES string of the molecule is COc1ccc(NC(=O)C[NH+](C)CC(=O)Nc2ccc3ccccc3c2)cc1. The Morgan fingerprint density at radius 3 is 2.04 bits per heavy atom. The van der Waals surface area contributed by atoms with Crippen LogP contribution in [0.1, 0.15) is 0 Å². The van der Waals surface area contributed by atoms with Gasteiger partial charge < -0.3 is 20.3 Å². The topological polar surface area (TPSA) is 71.9 Å². The van der Waals surface area contributed by atoms with Crippen LogP contribution in [0.15, 0.2) is 66.7 Å². The normalized spacial score (nSPS) is 11.6. The van der Waals surface area contributed by atoms with Crippen molar-refractivity contribution in [2.24, 2.45) is 0 Å². The van der Waals surface area contributed by atoms with E-state index in [-0.39, 0.29) is 24.9 Å². The fraction of sp³-hybridized carbons (Fsp3) is 0.182. The van der Waals surface area contributed by atoms with Gasteiger partial charge in [-0.3, -0.25) is 9.59 Å². The predicted octanol–water partition coefficient (Wildman–Crippen LogP) is 1.94. The number of hydrogen-bond acceptors (Lipinski definition) is 3. The molecule has 3 aromatic carbocycles. The predicted molar refractivity (Wildman–Crippen MR) is 111 cm³/mol. The Labute approximate surface area is 164 Å². The molecular formula is C22H24N3O3+. The average molecular weight is 378 g/mol. The second-order valence-electron chi connectivity index (χ2n) is 6.70. The highest BCUT2D eigenvalue weighted by Crippen LogP contribution is 2.18. The van der Waals surface area contributed by atoms with Crippen molar-refractivity contribution in [2.75, 3.05) is 37.9 Å². The summed E-state index contributed by atoms with van der Waals surface area (Å²) < 4.78 is 5.09. The fourth-order valence-corrected chi connectivity index (χ4v) is 2.96. The summed E-state index contributed by atoms with van der Waals surface area (Å²) in [5, 5.41) is 7.91. The van der Waals surface area contributed by atoms with E-state index in [0.29, 0.717) is 5.69 Å². The molecule has 28 heavy (non-hydrogen) atoms. The van der Waals surface area contributed by atoms with Crippen LogP contribution in [0.3, 0.4) is 0 Å². The minimum Gasteiger partial charge on any atom is -0.497 e. The third-order valence-corrected chi connectivity index (χ3v) is 4.33. The lowest BCUT2D eigenvalue weighted by Crippen LogP contribution is -3.11. The second kappa shape index (κ2) is 9.01. The molecule has 1 unspecified atom stereocenters. The Hall–Kier alpha value is -3.38. The van der Waals surface area contributed by atoms with Gasteiger partial charge in [-0.2, -0.15) is 0 Å². The first-order chi connectivity index (χ1) is 13.5. The molecule has 2 amide bonds. The lowest BCUT2D eigenvalue weighted by atomic mass is 10.1. The summed E-state index contributed by atoms with van der Waals surface area (Å²) in [5.41, 5.74) is 1.44. The minimum absolute atomic E-state index is 0.134. The standard InChI is InChI=1S/C22H23N3O3/c1-25(14-21(26)23-18-9-11-20(28-2)12-10-18)15-22(27)24-19-8-7-16-5-3-4-6-17(16)13-19/h3-13H,14-15H2,1-2H3,(H,23,26)(H,24,27)/p+1. The number of fused-ring (bicyclic) bond motifs is 1. The first kappa shape index (κ1) is 19.4. The fourth-order valence-electron chi connectivity index (χ4n) is 2.96. The Morgan fingerprint density at radius 2 is 1.39 bits per heavy atom. The molecule has 0 aliphatic carbocycles. The van der Waals surface area contributed by atoms with Gasteiger partial charge >= 0.3 is 0 Å². The van der Waals surface area contributed by atoms with Crippen LogP contribution >= 0.6 is 0 Å². The van der Waals surface area contributed by atoms with Crippen molar-refractivity contribution in [3.63, 3.8) is 0 Å². The molecule has 0 aliphatic rings. The van der Waals surface area contributed by atoms with Crippen molar-refractivity contribution in [3.05, 3.63) is 66.7 Å². The van der Waals surface area contributed by atoms with Crippen molar-refractivity contribution in [1.82, 2.24) is 0 Å². The molecule has 0 bridgehead atoms. The summed E-state index contributed by atoms with van der Waals surface area (Å²) in [6.07, 6.45) is 0. The highest BCUT2D eigenvalue weighted by Gasteiger charge is 2.14. The molecule has 0 aliphatic heterocycles. The van der Waals surface area contributed by atoms with Gasteiger partial charge in [0.15, 0.2) is 13.1 Å². The smallest absolute Gasteiger partial charge is 0.279 e. The molecule has 144 valence electrons. The zero-order chi connectivity index (χ0) is 19.9. The summed E-state index contributed by atoms with van der Waals surface area (Å²) in [6.45, 7) is 0.389. The summed E-state index contributed by atoms with van der Waals surface area (Å²) in [4.78, 5) is 25.3. The van der Waals surface area contributed by atoms with Crippen LogP contribution in [-0.4, -0.2) is 39.1 Å². The van der Waals surface area contributed by atoms with E-state index in [2.05, 4.69) is 10.6 Å². The number of likely N-dealkylation sites (N-methyl/N-ethyl adjacent to an activating group) is 1. The van der Waals surface area contributed by atoms with Gasteiger partial charge in [0.05, 0.1) is 14.2 Å². The third-order valence-electron chi connectivity index (χ3n) is 4.33. The summed E-state index contributed by atoms with van der Waals surface area (Å²) in [5.74, 6) is 0.442. The zero-order valence-electron chi connectivity index (χ0n) is 16.0. The molecule has 6 nitrogen and oxygen atoms in total. The molecule has 1 atom stereocenters. The number of anilines is 2. The molecule has 0 fully saturated rings. The molecule has 0 saturated carbocycles. The summed E-state index contributed by atoms with van der Waals surface area (Å²) in [6, 6.07) is 20.9. The molecular weight excluding hydrogens is 354 g/mol. The van der Waals surface area contributed by atoms with Crippen molar-refractivity contribution >= 4 is 34.0 Å². The van der Waals surface area contributed by atoms with Gasteiger partial charge in [-0.15, -0.1) is 0 Å². The van der Waals surface area contributed by atoms with E-state index in [0.717, 1.165) is 27.1 Å². The van der Waals surface area contributed by atoms with Gasteiger partial charge in [0, 0.05) is 11.4 Å². The van der Waals surface area contributed by atoms with Gasteiger partial charge in [0.25, 0.3) is 11.8 Å². The number of amides is 2. The third kappa shape index (κ3) is 5.31. The molecule has 6 heteroatoms. The number of carbonyl (C=O) groups is 2. The molecule has 0 aromatic heterocycles. The highest BCUT2D eigenvalue weighted by atomic mass is 16.5. The lowest BCUT2D eigenvalue weighted by Gasteiger charge is -2.14. The molecule has 0 radical (unpaired) electrons. The number of methoxy groups -OCH3 is 1. The van der Waals surface area contributed by atoms with Crippen LogP contribution in [0.5, 0.6) is 5.75 Å². The number of hydrogen-bond donors (Lipinski definition) is 3. The van der Waals surface area contributed by atoms with Crippen molar-refractivity contribution in [1.29, 1.82) is 0 Å². The maximum absolute atomic E-state index is 12.3. The number of benzene rings is 3. The van der Waals surface area contributed by atoms with E-state index in [1.165, 1.54) is 0 Å². The Balaban J connectivity index is 1.49. The quantitative estimate of drug-likeness (QED) is 0.588. The van der Waals surface area contributed by atoms with Gasteiger partial charge in [0.1, 0.15) is 5.75 Å². The first-order valence-electron chi connectivity index (χ1n) is 9.07. The maximum atomic E-state index is 12.3. The molecule has 0 heterocycles. The first-order valence-corrected chi connectivity index (χ1v) is 9.07. The Morgan fingerprint density at radius 1 is 0.821 bits per heavy atom. The zero-order valence-corrected chi connectivity index (χ0v) is 16.0. The van der Waals surface area contributed by atoms with Gasteiger partial charge in [-0.05, 0) is 47.2 Å². The van der Waals surface area contributed by atoms with E-state index in [9.17, 15) is 9.59 Å². The number of rotatable bonds is 7. The summed E-state index contributed by atoms with van der Waals surface area (Å²) >= 11 is 0. The number of ether oxygens (including phenoxy) is 1. The Kier molecular flexibility index (Phi) is 6.24. The van der Waals surface area contributed by atoms with Crippen LogP contribution in [0.2, 0.25) is 0 Å². The van der Waals surface area contributed by atoms with E-state index >= 15 is 0 Å². The van der Waals surface area contributed by atoms with E-state index in [1.807, 2.05) is 49.5 Å². The lowest BCUT2D eigenvalue weighted by molar-refractivity contribution is -0.862. The molecule has 3 aromatic rings. The largest absolute Gasteiger partial charge is 0.497 e. The van der Waals surface area contributed by atoms with E-state index in [1.54, 1.807) is 31.4 Å². The van der Waals surface area contributed by atoms with Crippen LogP contribution in [0.4, 0.5) is 11.4 Å². The van der Waals surface area contributed by atoms with Crippen LogP contribution in [0.25, 0.3) is 10.8 Å². The summed E-state index contributed by atoms with van der Waals surface area (Å²) in [7, 11) is 3.41. The van der Waals surface area contributed by atoms with Gasteiger partial charge in [0.2, 0.25) is 0 Å². The number of nitrogens with one attached hydrogen (secondary N) is 3. The minimum atomic E-state index is -0.152. The molecule has 3 rings (SSSR count). The van der Waals surface area contributed by atoms with E-state index in [4.69, 9.17) is 4.74 Å². The maximum Gasteiger partial charge on any atom is 0.279 e. The van der Waals surface area contributed by atoms with Crippen LogP contribution < -0.4 is 20.3 Å². The van der Waals surface area contributed by atoms with Gasteiger partial charge in [-0.25, -0.2) is 0 Å². The molecule has 3 N–H and O–H groups in total. The highest BCUT2D eigenvalue weighted by molar-refractivity contribution is 5.95. The number of quaternary nitrogens is 1. The van der Waals surface area contributed by atoms with Crippen LogP contribution in [-0.2, 0) is 9.59 Å². The molecule has 0 spiro atoms. The number of carbonyl (C=O) groups excluding carboxylic acids is 2. The second-order valence-corrected chi connectivity index (χ2v) is 6.70. The van der Waals surface area contributed by atoms with Gasteiger partial charge in [-0.1, -0.05) is 30.3 Å². The van der Waals surface area contributed by atoms with E-state index < -0.39 is 0 Å². The van der Waals surface area contributed by atoms with Crippen molar-refractivity contribution in [2.45, 2.75) is 0 Å². The Bertz CT molecular complexity index is 970. The van der Waals surface area contributed by atoms with Crippen LogP contribution in [0, 0.1) is 0 Å². The average Bonchev–Trinajstić information content (AvgIpc) is 2.68. The monoisotopic (exact) mass is 378 g/mol. The molecule has 0 saturated heterocycles.